The molecule has 0 radical (unpaired) electrons. The van der Waals surface area contributed by atoms with Gasteiger partial charge in [0.15, 0.2) is 0 Å². The number of hydrogen-bond donors (Lipinski definition) is 2. The average Bonchev–Trinajstić information content (AvgIpc) is 2.31. The fourth-order valence-electron chi connectivity index (χ4n) is 1.06. The zero-order valence-corrected chi connectivity index (χ0v) is 13.2. The lowest BCUT2D eigenvalue weighted by Crippen LogP contribution is -2.41. The molecule has 1 rings (SSSR count). The van der Waals surface area contributed by atoms with E-state index in [4.69, 9.17) is 28.9 Å². The van der Waals surface area contributed by atoms with Gasteiger partial charge >= 0.3 is 0 Å². The predicted molar refractivity (Wildman–Crippen MR) is 73.4 cm³/mol. The Balaban J connectivity index is 3.05. The SMILES string of the molecule is NCC(F)(F)CNS(=O)(=O)c1cc(Br)c(Cl)cc1Cl. The van der Waals surface area contributed by atoms with Gasteiger partial charge in [-0.05, 0) is 28.1 Å². The summed E-state index contributed by atoms with van der Waals surface area (Å²) in [4.78, 5) is -0.349. The molecule has 0 heterocycles. The van der Waals surface area contributed by atoms with Gasteiger partial charge in [-0.25, -0.2) is 21.9 Å². The normalized spacial score (nSPS) is 12.7. The first-order chi connectivity index (χ1) is 8.59. The van der Waals surface area contributed by atoms with Crippen LogP contribution in [0.3, 0.4) is 0 Å². The molecule has 19 heavy (non-hydrogen) atoms. The Morgan fingerprint density at radius 3 is 2.42 bits per heavy atom. The molecule has 0 aliphatic carbocycles. The van der Waals surface area contributed by atoms with E-state index in [1.165, 1.54) is 6.07 Å². The molecule has 10 heteroatoms. The average molecular weight is 398 g/mol. The van der Waals surface area contributed by atoms with Crippen molar-refractivity contribution < 1.29 is 17.2 Å². The van der Waals surface area contributed by atoms with Crippen LogP contribution in [0.2, 0.25) is 10.0 Å². The summed E-state index contributed by atoms with van der Waals surface area (Å²) in [5.41, 5.74) is 4.81. The van der Waals surface area contributed by atoms with Crippen molar-refractivity contribution >= 4 is 49.2 Å². The van der Waals surface area contributed by atoms with Gasteiger partial charge in [0, 0.05) is 4.47 Å². The van der Waals surface area contributed by atoms with Crippen LogP contribution in [0.4, 0.5) is 8.78 Å². The third-order valence-corrected chi connectivity index (χ3v) is 5.15. The molecule has 0 unspecified atom stereocenters. The van der Waals surface area contributed by atoms with Crippen molar-refractivity contribution in [2.75, 3.05) is 13.1 Å². The summed E-state index contributed by atoms with van der Waals surface area (Å²) in [5, 5.41) is 0.0352. The van der Waals surface area contributed by atoms with Crippen LogP contribution in [0.15, 0.2) is 21.5 Å². The summed E-state index contributed by atoms with van der Waals surface area (Å²) in [6.45, 7) is -2.07. The second-order valence-corrected chi connectivity index (χ2v) is 6.99. The van der Waals surface area contributed by atoms with Crippen molar-refractivity contribution in [1.29, 1.82) is 0 Å². The van der Waals surface area contributed by atoms with E-state index in [0.29, 0.717) is 0 Å². The summed E-state index contributed by atoms with van der Waals surface area (Å²) in [6.07, 6.45) is 0. The minimum Gasteiger partial charge on any atom is -0.325 e. The van der Waals surface area contributed by atoms with Gasteiger partial charge in [-0.3, -0.25) is 0 Å². The summed E-state index contributed by atoms with van der Waals surface area (Å²) in [5.74, 6) is -3.33. The highest BCUT2D eigenvalue weighted by atomic mass is 79.9. The van der Waals surface area contributed by atoms with Crippen LogP contribution in [0.5, 0.6) is 0 Å². The molecule has 3 N–H and O–H groups in total. The Morgan fingerprint density at radius 2 is 1.89 bits per heavy atom. The summed E-state index contributed by atoms with van der Waals surface area (Å²) < 4.78 is 51.6. The molecular weight excluding hydrogens is 389 g/mol. The van der Waals surface area contributed by atoms with E-state index in [1.54, 1.807) is 4.72 Å². The highest BCUT2D eigenvalue weighted by molar-refractivity contribution is 9.10. The van der Waals surface area contributed by atoms with Crippen molar-refractivity contribution in [2.45, 2.75) is 10.8 Å². The Hall–Kier alpha value is 0.01000. The molecule has 0 aromatic heterocycles. The van der Waals surface area contributed by atoms with E-state index in [1.807, 2.05) is 0 Å². The maximum absolute atomic E-state index is 12.9. The third kappa shape index (κ3) is 4.51. The quantitative estimate of drug-likeness (QED) is 0.750. The van der Waals surface area contributed by atoms with Gasteiger partial charge in [0.05, 0.1) is 23.1 Å². The van der Waals surface area contributed by atoms with Crippen LogP contribution in [0.25, 0.3) is 0 Å². The molecule has 0 amide bonds. The highest BCUT2D eigenvalue weighted by Crippen LogP contribution is 2.31. The third-order valence-electron chi connectivity index (χ3n) is 2.08. The predicted octanol–water partition coefficient (Wildman–Crippen LogP) is 2.63. The van der Waals surface area contributed by atoms with Gasteiger partial charge in [-0.1, -0.05) is 23.2 Å². The van der Waals surface area contributed by atoms with Crippen LogP contribution in [0.1, 0.15) is 0 Å². The number of alkyl halides is 2. The van der Waals surface area contributed by atoms with Crippen molar-refractivity contribution in [3.63, 3.8) is 0 Å². The number of sulfonamides is 1. The van der Waals surface area contributed by atoms with Crippen molar-refractivity contribution in [2.24, 2.45) is 5.73 Å². The molecule has 0 fully saturated rings. The van der Waals surface area contributed by atoms with E-state index in [9.17, 15) is 17.2 Å². The first-order valence-electron chi connectivity index (χ1n) is 4.81. The number of rotatable bonds is 5. The zero-order chi connectivity index (χ0) is 14.8. The molecule has 0 aliphatic rings. The van der Waals surface area contributed by atoms with Crippen LogP contribution < -0.4 is 10.5 Å². The molecule has 0 atom stereocenters. The smallest absolute Gasteiger partial charge is 0.273 e. The van der Waals surface area contributed by atoms with Gasteiger partial charge < -0.3 is 5.73 Å². The van der Waals surface area contributed by atoms with Gasteiger partial charge in [-0.15, -0.1) is 0 Å². The molecule has 4 nitrogen and oxygen atoms in total. The van der Waals surface area contributed by atoms with Gasteiger partial charge in [0.1, 0.15) is 4.90 Å². The van der Waals surface area contributed by atoms with Gasteiger partial charge in [0.25, 0.3) is 5.92 Å². The van der Waals surface area contributed by atoms with Crippen molar-refractivity contribution in [3.05, 3.63) is 26.7 Å². The number of halogens is 5. The maximum atomic E-state index is 12.9. The standard InChI is InChI=1S/C9H9BrCl2F2N2O2S/c10-5-1-8(7(12)2-6(5)11)19(17,18)16-4-9(13,14)3-15/h1-2,16H,3-4,15H2. The molecular formula is C9H9BrCl2F2N2O2S. The molecule has 1 aromatic carbocycles. The Bertz CT molecular complexity index is 584. The zero-order valence-electron chi connectivity index (χ0n) is 9.26. The lowest BCUT2D eigenvalue weighted by Gasteiger charge is -2.15. The van der Waals surface area contributed by atoms with E-state index >= 15 is 0 Å². The molecule has 0 spiro atoms. The number of nitrogens with two attached hydrogens (primary N) is 1. The second-order valence-electron chi connectivity index (χ2n) is 3.58. The lowest BCUT2D eigenvalue weighted by atomic mass is 10.3. The molecule has 0 saturated carbocycles. The fourth-order valence-corrected chi connectivity index (χ4v) is 3.39. The number of benzene rings is 1. The highest BCUT2D eigenvalue weighted by Gasteiger charge is 2.30. The summed E-state index contributed by atoms with van der Waals surface area (Å²) >= 11 is 14.5. The monoisotopic (exact) mass is 396 g/mol. The molecule has 108 valence electrons. The fraction of sp³-hybridized carbons (Fsp3) is 0.333. The maximum Gasteiger partial charge on any atom is 0.273 e. The second kappa shape index (κ2) is 6.19. The van der Waals surface area contributed by atoms with Crippen LogP contribution in [-0.4, -0.2) is 27.4 Å². The Labute approximate surface area is 127 Å². The Kier molecular flexibility index (Phi) is 5.56. The minimum atomic E-state index is -4.18. The van der Waals surface area contributed by atoms with Crippen molar-refractivity contribution in [1.82, 2.24) is 4.72 Å². The summed E-state index contributed by atoms with van der Waals surface area (Å²) in [7, 11) is -4.18. The first-order valence-corrected chi connectivity index (χ1v) is 7.84. The largest absolute Gasteiger partial charge is 0.325 e. The van der Waals surface area contributed by atoms with Crippen LogP contribution in [0, 0.1) is 0 Å². The summed E-state index contributed by atoms with van der Waals surface area (Å²) in [6, 6.07) is 2.33. The molecule has 0 saturated heterocycles. The van der Waals surface area contributed by atoms with E-state index in [-0.39, 0.29) is 19.4 Å². The van der Waals surface area contributed by atoms with Crippen LogP contribution >= 0.6 is 39.1 Å². The number of nitrogens with one attached hydrogen (secondary N) is 1. The molecule has 0 bridgehead atoms. The van der Waals surface area contributed by atoms with Gasteiger partial charge in [0.2, 0.25) is 10.0 Å². The lowest BCUT2D eigenvalue weighted by molar-refractivity contribution is 0.0170. The number of hydrogen-bond acceptors (Lipinski definition) is 3. The van der Waals surface area contributed by atoms with Gasteiger partial charge in [-0.2, -0.15) is 0 Å². The molecule has 0 aliphatic heterocycles. The molecule has 1 aromatic rings. The van der Waals surface area contributed by atoms with E-state index in [0.717, 1.165) is 6.07 Å². The van der Waals surface area contributed by atoms with Crippen molar-refractivity contribution in [3.8, 4) is 0 Å². The van der Waals surface area contributed by atoms with E-state index in [2.05, 4.69) is 15.9 Å². The minimum absolute atomic E-state index is 0.170. The first kappa shape index (κ1) is 17.1. The van der Waals surface area contributed by atoms with Crippen LogP contribution in [-0.2, 0) is 10.0 Å². The Morgan fingerprint density at radius 1 is 1.32 bits per heavy atom. The topological polar surface area (TPSA) is 72.2 Å². The van der Waals surface area contributed by atoms with E-state index < -0.39 is 29.0 Å².